The average molecular weight is 441 g/mol. The van der Waals surface area contributed by atoms with Crippen LogP contribution in [0.25, 0.3) is 11.1 Å². The number of carbonyl (C=O) groups is 1. The van der Waals surface area contributed by atoms with Crippen molar-refractivity contribution in [3.63, 3.8) is 0 Å². The van der Waals surface area contributed by atoms with Gasteiger partial charge in [-0.05, 0) is 58.9 Å². The van der Waals surface area contributed by atoms with Gasteiger partial charge in [0.15, 0.2) is 0 Å². The number of rotatable bonds is 6. The van der Waals surface area contributed by atoms with Gasteiger partial charge >= 0.3 is 0 Å². The van der Waals surface area contributed by atoms with Gasteiger partial charge in [-0.15, -0.1) is 0 Å². The van der Waals surface area contributed by atoms with Crippen molar-refractivity contribution in [2.24, 2.45) is 0 Å². The summed E-state index contributed by atoms with van der Waals surface area (Å²) in [5.41, 5.74) is 3.02. The van der Waals surface area contributed by atoms with Gasteiger partial charge in [0.25, 0.3) is 5.91 Å². The fourth-order valence-corrected chi connectivity index (χ4v) is 3.06. The molecule has 0 radical (unpaired) electrons. The molecule has 0 aliphatic heterocycles. The Kier molecular flexibility index (Phi) is 6.69. The Bertz CT molecular complexity index is 1280. The SMILES string of the molecule is Cc1ncc(NC(=O)c2ccnc(C(C)(C)C#N)c2)cc1-c1cnc(OC(C)C)c(C#N)c1. The van der Waals surface area contributed by atoms with Gasteiger partial charge < -0.3 is 10.1 Å². The van der Waals surface area contributed by atoms with Gasteiger partial charge in [0.05, 0.1) is 35.2 Å². The molecule has 0 atom stereocenters. The van der Waals surface area contributed by atoms with Gasteiger partial charge in [-0.3, -0.25) is 14.8 Å². The Morgan fingerprint density at radius 3 is 2.55 bits per heavy atom. The first-order valence-corrected chi connectivity index (χ1v) is 10.4. The van der Waals surface area contributed by atoms with Crippen molar-refractivity contribution in [3.05, 3.63) is 65.4 Å². The van der Waals surface area contributed by atoms with Crippen LogP contribution >= 0.6 is 0 Å². The molecule has 1 N–H and O–H groups in total. The zero-order chi connectivity index (χ0) is 24.2. The molecule has 0 saturated heterocycles. The summed E-state index contributed by atoms with van der Waals surface area (Å²) in [6.45, 7) is 9.06. The molecule has 3 aromatic rings. The molecule has 33 heavy (non-hydrogen) atoms. The van der Waals surface area contributed by atoms with Crippen molar-refractivity contribution in [2.75, 3.05) is 5.32 Å². The van der Waals surface area contributed by atoms with E-state index in [2.05, 4.69) is 32.4 Å². The Labute approximate surface area is 192 Å². The quantitative estimate of drug-likeness (QED) is 0.595. The fourth-order valence-electron chi connectivity index (χ4n) is 3.06. The summed E-state index contributed by atoms with van der Waals surface area (Å²) in [5.74, 6) is -0.0689. The largest absolute Gasteiger partial charge is 0.474 e. The normalized spacial score (nSPS) is 10.9. The standard InChI is InChI=1S/C25H24N6O2/c1-15(2)33-24-18(11-26)8-19(12-30-24)21-10-20(13-29-16(21)3)31-23(32)17-6-7-28-22(9-17)25(4,5)14-27/h6-10,12-13,15H,1-5H3,(H,31,32). The van der Waals surface area contributed by atoms with Crippen LogP contribution < -0.4 is 10.1 Å². The lowest BCUT2D eigenvalue weighted by Crippen LogP contribution is -2.18. The third-order valence-corrected chi connectivity index (χ3v) is 4.92. The molecular formula is C25H24N6O2. The van der Waals surface area contributed by atoms with Crippen molar-refractivity contribution < 1.29 is 9.53 Å². The number of nitrogens with zero attached hydrogens (tertiary/aromatic N) is 5. The maximum atomic E-state index is 12.8. The predicted octanol–water partition coefficient (Wildman–Crippen LogP) is 4.56. The topological polar surface area (TPSA) is 125 Å². The van der Waals surface area contributed by atoms with Crippen LogP contribution in [0, 0.1) is 29.6 Å². The first-order chi connectivity index (χ1) is 15.6. The Hall–Kier alpha value is -4.30. The Balaban J connectivity index is 1.90. The lowest BCUT2D eigenvalue weighted by Gasteiger charge is -2.15. The van der Waals surface area contributed by atoms with Crippen LogP contribution in [0.2, 0.25) is 0 Å². The minimum Gasteiger partial charge on any atom is -0.474 e. The number of pyridine rings is 3. The number of nitrogens with one attached hydrogen (secondary N) is 1. The molecule has 0 aliphatic carbocycles. The van der Waals surface area contributed by atoms with Crippen LogP contribution in [-0.4, -0.2) is 27.0 Å². The second kappa shape index (κ2) is 9.46. The van der Waals surface area contributed by atoms with E-state index in [9.17, 15) is 15.3 Å². The summed E-state index contributed by atoms with van der Waals surface area (Å²) in [5, 5.41) is 21.7. The number of hydrogen-bond acceptors (Lipinski definition) is 7. The van der Waals surface area contributed by atoms with E-state index in [0.717, 1.165) is 11.3 Å². The van der Waals surface area contributed by atoms with E-state index in [1.165, 1.54) is 6.20 Å². The number of amides is 1. The van der Waals surface area contributed by atoms with E-state index in [1.807, 2.05) is 20.8 Å². The van der Waals surface area contributed by atoms with Crippen LogP contribution in [-0.2, 0) is 5.41 Å². The molecule has 0 aliphatic rings. The average Bonchev–Trinajstić information content (AvgIpc) is 2.80. The smallest absolute Gasteiger partial charge is 0.255 e. The summed E-state index contributed by atoms with van der Waals surface area (Å²) in [6, 6.07) is 11.0. The lowest BCUT2D eigenvalue weighted by molar-refractivity contribution is 0.102. The van der Waals surface area contributed by atoms with Gasteiger partial charge in [0, 0.05) is 34.8 Å². The van der Waals surface area contributed by atoms with Gasteiger partial charge in [-0.25, -0.2) is 4.98 Å². The van der Waals surface area contributed by atoms with E-state index in [0.29, 0.717) is 28.1 Å². The van der Waals surface area contributed by atoms with Gasteiger partial charge in [0.1, 0.15) is 11.6 Å². The third kappa shape index (κ3) is 5.31. The molecule has 0 saturated carbocycles. The van der Waals surface area contributed by atoms with Gasteiger partial charge in [-0.1, -0.05) is 0 Å². The molecular weight excluding hydrogens is 416 g/mol. The summed E-state index contributed by atoms with van der Waals surface area (Å²) < 4.78 is 5.59. The number of nitriles is 2. The number of anilines is 1. The molecule has 0 spiro atoms. The predicted molar refractivity (Wildman–Crippen MR) is 124 cm³/mol. The summed E-state index contributed by atoms with van der Waals surface area (Å²) in [4.78, 5) is 25.7. The molecule has 1 amide bonds. The van der Waals surface area contributed by atoms with Crippen LogP contribution in [0.5, 0.6) is 5.88 Å². The minimum atomic E-state index is -0.814. The second-order valence-electron chi connectivity index (χ2n) is 8.33. The number of hydrogen-bond donors (Lipinski definition) is 1. The van der Waals surface area contributed by atoms with E-state index in [1.54, 1.807) is 50.5 Å². The van der Waals surface area contributed by atoms with Crippen LogP contribution in [0.1, 0.15) is 55.0 Å². The van der Waals surface area contributed by atoms with Crippen molar-refractivity contribution >= 4 is 11.6 Å². The van der Waals surface area contributed by atoms with E-state index in [4.69, 9.17) is 4.74 Å². The van der Waals surface area contributed by atoms with E-state index < -0.39 is 5.41 Å². The molecule has 166 valence electrons. The van der Waals surface area contributed by atoms with Gasteiger partial charge in [-0.2, -0.15) is 10.5 Å². The highest BCUT2D eigenvalue weighted by atomic mass is 16.5. The number of carbonyl (C=O) groups excluding carboxylic acids is 1. The monoisotopic (exact) mass is 440 g/mol. The lowest BCUT2D eigenvalue weighted by atomic mass is 9.90. The van der Waals surface area contributed by atoms with Crippen molar-refractivity contribution in [2.45, 2.75) is 46.1 Å². The zero-order valence-electron chi connectivity index (χ0n) is 19.2. The number of aromatic nitrogens is 3. The maximum Gasteiger partial charge on any atom is 0.255 e. The first-order valence-electron chi connectivity index (χ1n) is 10.4. The fraction of sp³-hybridized carbons (Fsp3) is 0.280. The molecule has 3 aromatic heterocycles. The molecule has 3 rings (SSSR count). The first kappa shape index (κ1) is 23.4. The summed E-state index contributed by atoms with van der Waals surface area (Å²) in [6.07, 6.45) is 4.59. The van der Waals surface area contributed by atoms with Gasteiger partial charge in [0.2, 0.25) is 5.88 Å². The molecule has 8 heteroatoms. The second-order valence-corrected chi connectivity index (χ2v) is 8.33. The Morgan fingerprint density at radius 2 is 1.88 bits per heavy atom. The molecule has 0 bridgehead atoms. The highest BCUT2D eigenvalue weighted by molar-refractivity contribution is 6.04. The van der Waals surface area contributed by atoms with Crippen LogP contribution in [0.4, 0.5) is 5.69 Å². The zero-order valence-corrected chi connectivity index (χ0v) is 19.2. The number of ether oxygens (including phenoxy) is 1. The van der Waals surface area contributed by atoms with Crippen molar-refractivity contribution in [1.82, 2.24) is 15.0 Å². The number of aryl methyl sites for hydroxylation is 1. The molecule has 0 unspecified atom stereocenters. The molecule has 0 fully saturated rings. The molecule has 8 nitrogen and oxygen atoms in total. The highest BCUT2D eigenvalue weighted by Gasteiger charge is 2.22. The van der Waals surface area contributed by atoms with Crippen molar-refractivity contribution in [1.29, 1.82) is 10.5 Å². The van der Waals surface area contributed by atoms with E-state index in [-0.39, 0.29) is 17.9 Å². The highest BCUT2D eigenvalue weighted by Crippen LogP contribution is 2.28. The van der Waals surface area contributed by atoms with Crippen LogP contribution in [0.3, 0.4) is 0 Å². The maximum absolute atomic E-state index is 12.8. The van der Waals surface area contributed by atoms with Crippen LogP contribution in [0.15, 0.2) is 42.9 Å². The Morgan fingerprint density at radius 1 is 1.12 bits per heavy atom. The van der Waals surface area contributed by atoms with E-state index >= 15 is 0 Å². The summed E-state index contributed by atoms with van der Waals surface area (Å²) in [7, 11) is 0. The summed E-state index contributed by atoms with van der Waals surface area (Å²) >= 11 is 0. The molecule has 0 aromatic carbocycles. The minimum absolute atomic E-state index is 0.107. The molecule has 3 heterocycles. The van der Waals surface area contributed by atoms with Crippen molar-refractivity contribution in [3.8, 4) is 29.1 Å². The third-order valence-electron chi connectivity index (χ3n) is 4.92.